The molecule has 5 heteroatoms. The molecule has 0 unspecified atom stereocenters. The quantitative estimate of drug-likeness (QED) is 0.745. The summed E-state index contributed by atoms with van der Waals surface area (Å²) in [6.07, 6.45) is 4.58. The third-order valence-corrected chi connectivity index (χ3v) is 2.12. The van der Waals surface area contributed by atoms with Crippen LogP contribution in [-0.2, 0) is 6.54 Å². The minimum absolute atomic E-state index is 0.0114. The van der Waals surface area contributed by atoms with E-state index in [0.29, 0.717) is 6.07 Å². The Labute approximate surface area is 90.3 Å². The first kappa shape index (κ1) is 10.5. The van der Waals surface area contributed by atoms with Gasteiger partial charge in [-0.1, -0.05) is 0 Å². The Morgan fingerprint density at radius 1 is 1.38 bits per heavy atom. The van der Waals surface area contributed by atoms with Gasteiger partial charge in [-0.05, 0) is 12.1 Å². The first-order valence-electron chi connectivity index (χ1n) is 4.61. The molecular weight excluding hydrogens is 214 g/mol. The number of carbonyl (C=O) groups is 1. The molecule has 0 N–H and O–H groups in total. The van der Waals surface area contributed by atoms with Gasteiger partial charge in [-0.15, -0.1) is 0 Å². The summed E-state index contributed by atoms with van der Waals surface area (Å²) < 4.78 is 27.4. The second kappa shape index (κ2) is 4.22. The molecule has 0 radical (unpaired) electrons. The molecule has 0 amide bonds. The maximum atomic E-state index is 13.2. The van der Waals surface area contributed by atoms with Gasteiger partial charge in [0.1, 0.15) is 11.6 Å². The average Bonchev–Trinajstić information content (AvgIpc) is 2.70. The third kappa shape index (κ3) is 2.13. The number of halogens is 2. The number of Topliss-reactive ketones (excluding diaryl/α,β-unsaturated/α-hetero) is 1. The summed E-state index contributed by atoms with van der Waals surface area (Å²) in [6.45, 7) is -0.0114. The van der Waals surface area contributed by atoms with Crippen LogP contribution in [-0.4, -0.2) is 15.3 Å². The molecule has 16 heavy (non-hydrogen) atoms. The Bertz CT molecular complexity index is 509. The zero-order valence-corrected chi connectivity index (χ0v) is 8.23. The van der Waals surface area contributed by atoms with Crippen molar-refractivity contribution in [1.82, 2.24) is 9.55 Å². The van der Waals surface area contributed by atoms with Crippen LogP contribution in [0.1, 0.15) is 10.4 Å². The number of ketones is 1. The molecule has 0 aliphatic carbocycles. The van der Waals surface area contributed by atoms with E-state index in [2.05, 4.69) is 4.98 Å². The smallest absolute Gasteiger partial charge is 0.185 e. The molecule has 3 nitrogen and oxygen atoms in total. The van der Waals surface area contributed by atoms with Crippen LogP contribution in [0, 0.1) is 11.6 Å². The summed E-state index contributed by atoms with van der Waals surface area (Å²) in [4.78, 5) is 15.4. The van der Waals surface area contributed by atoms with Crippen molar-refractivity contribution < 1.29 is 13.6 Å². The van der Waals surface area contributed by atoms with E-state index in [9.17, 15) is 13.6 Å². The fraction of sp³-hybridized carbons (Fsp3) is 0.0909. The van der Waals surface area contributed by atoms with E-state index in [1.54, 1.807) is 6.20 Å². The van der Waals surface area contributed by atoms with Crippen molar-refractivity contribution in [1.29, 1.82) is 0 Å². The number of nitrogens with zero attached hydrogens (tertiary/aromatic N) is 2. The lowest BCUT2D eigenvalue weighted by molar-refractivity contribution is 0.0968. The highest BCUT2D eigenvalue weighted by Gasteiger charge is 2.12. The van der Waals surface area contributed by atoms with Crippen molar-refractivity contribution >= 4 is 5.78 Å². The lowest BCUT2D eigenvalue weighted by Gasteiger charge is -2.03. The van der Waals surface area contributed by atoms with Crippen molar-refractivity contribution in [3.8, 4) is 0 Å². The molecule has 2 aromatic rings. The lowest BCUT2D eigenvalue weighted by Crippen LogP contribution is -2.10. The number of carbonyl (C=O) groups excluding carboxylic acids is 1. The van der Waals surface area contributed by atoms with Gasteiger partial charge in [0.15, 0.2) is 5.78 Å². The second-order valence-corrected chi connectivity index (χ2v) is 3.28. The van der Waals surface area contributed by atoms with E-state index in [4.69, 9.17) is 0 Å². The molecule has 1 aromatic heterocycles. The Balaban J connectivity index is 2.21. The summed E-state index contributed by atoms with van der Waals surface area (Å²) in [5.74, 6) is -1.96. The van der Waals surface area contributed by atoms with Gasteiger partial charge in [0, 0.05) is 18.5 Å². The van der Waals surface area contributed by atoms with Crippen molar-refractivity contribution in [2.75, 3.05) is 0 Å². The fourth-order valence-electron chi connectivity index (χ4n) is 1.35. The maximum Gasteiger partial charge on any atom is 0.185 e. The summed E-state index contributed by atoms with van der Waals surface area (Å²) in [6, 6.07) is 2.90. The Morgan fingerprint density at radius 3 is 2.81 bits per heavy atom. The van der Waals surface area contributed by atoms with E-state index in [-0.39, 0.29) is 12.1 Å². The molecule has 2 rings (SSSR count). The number of aromatic nitrogens is 2. The molecule has 0 spiro atoms. The highest BCUT2D eigenvalue weighted by atomic mass is 19.1. The molecular formula is C11H8F2N2O. The number of hydrogen-bond donors (Lipinski definition) is 0. The van der Waals surface area contributed by atoms with E-state index in [1.807, 2.05) is 0 Å². The van der Waals surface area contributed by atoms with Gasteiger partial charge >= 0.3 is 0 Å². The monoisotopic (exact) mass is 222 g/mol. The summed E-state index contributed by atoms with van der Waals surface area (Å²) in [5.41, 5.74) is -0.116. The molecule has 0 bridgehead atoms. The van der Waals surface area contributed by atoms with Crippen LogP contribution < -0.4 is 0 Å². The predicted molar refractivity (Wildman–Crippen MR) is 52.9 cm³/mol. The molecule has 0 saturated carbocycles. The lowest BCUT2D eigenvalue weighted by atomic mass is 10.1. The normalized spacial score (nSPS) is 10.4. The molecule has 82 valence electrons. The second-order valence-electron chi connectivity index (χ2n) is 3.28. The van der Waals surface area contributed by atoms with Crippen molar-refractivity contribution in [2.45, 2.75) is 6.54 Å². The number of benzene rings is 1. The zero-order chi connectivity index (χ0) is 11.5. The van der Waals surface area contributed by atoms with Gasteiger partial charge in [0.2, 0.25) is 0 Å². The molecule has 0 aliphatic rings. The third-order valence-electron chi connectivity index (χ3n) is 2.12. The van der Waals surface area contributed by atoms with Crippen LogP contribution in [0.2, 0.25) is 0 Å². The fourth-order valence-corrected chi connectivity index (χ4v) is 1.35. The van der Waals surface area contributed by atoms with Gasteiger partial charge in [-0.3, -0.25) is 4.79 Å². The van der Waals surface area contributed by atoms with Crippen molar-refractivity contribution in [2.24, 2.45) is 0 Å². The summed E-state index contributed by atoms with van der Waals surface area (Å²) in [5, 5.41) is 0. The van der Waals surface area contributed by atoms with Crippen LogP contribution in [0.4, 0.5) is 8.78 Å². The van der Waals surface area contributed by atoms with Crippen molar-refractivity contribution in [3.05, 3.63) is 54.1 Å². The topological polar surface area (TPSA) is 34.9 Å². The number of imidazole rings is 1. The molecule has 0 aliphatic heterocycles. The minimum Gasteiger partial charge on any atom is -0.330 e. The van der Waals surface area contributed by atoms with Crippen LogP contribution in [0.3, 0.4) is 0 Å². The highest BCUT2D eigenvalue weighted by molar-refractivity contribution is 5.96. The van der Waals surface area contributed by atoms with E-state index in [1.165, 1.54) is 17.1 Å². The first-order chi connectivity index (χ1) is 7.66. The predicted octanol–water partition coefficient (Wildman–Crippen LogP) is 2.04. The average molecular weight is 222 g/mol. The van der Waals surface area contributed by atoms with Crippen LogP contribution in [0.15, 0.2) is 36.9 Å². The summed E-state index contributed by atoms with van der Waals surface area (Å²) >= 11 is 0. The number of hydrogen-bond acceptors (Lipinski definition) is 2. The summed E-state index contributed by atoms with van der Waals surface area (Å²) in [7, 11) is 0. The first-order valence-corrected chi connectivity index (χ1v) is 4.61. The molecule has 1 heterocycles. The van der Waals surface area contributed by atoms with Crippen molar-refractivity contribution in [3.63, 3.8) is 0 Å². The van der Waals surface area contributed by atoms with Crippen LogP contribution in [0.25, 0.3) is 0 Å². The molecule has 1 aromatic carbocycles. The number of rotatable bonds is 3. The van der Waals surface area contributed by atoms with Gasteiger partial charge < -0.3 is 4.57 Å². The Morgan fingerprint density at radius 2 is 2.19 bits per heavy atom. The minimum atomic E-state index is -0.842. The van der Waals surface area contributed by atoms with E-state index < -0.39 is 17.4 Å². The van der Waals surface area contributed by atoms with Gasteiger partial charge in [-0.2, -0.15) is 0 Å². The van der Waals surface area contributed by atoms with Crippen LogP contribution in [0.5, 0.6) is 0 Å². The zero-order valence-electron chi connectivity index (χ0n) is 8.23. The largest absolute Gasteiger partial charge is 0.330 e. The van der Waals surface area contributed by atoms with Gasteiger partial charge in [-0.25, -0.2) is 13.8 Å². The highest BCUT2D eigenvalue weighted by Crippen LogP contribution is 2.11. The van der Waals surface area contributed by atoms with E-state index in [0.717, 1.165) is 12.1 Å². The van der Waals surface area contributed by atoms with Gasteiger partial charge in [0.25, 0.3) is 0 Å². The Hall–Kier alpha value is -2.04. The van der Waals surface area contributed by atoms with E-state index >= 15 is 0 Å². The molecule has 0 saturated heterocycles. The van der Waals surface area contributed by atoms with Gasteiger partial charge in [0.05, 0.1) is 18.4 Å². The SMILES string of the molecule is O=C(Cn1ccnc1)c1ccc(F)cc1F. The maximum absolute atomic E-state index is 13.2. The molecule has 0 atom stereocenters. The van der Waals surface area contributed by atoms with Crippen LogP contribution >= 0.6 is 0 Å². The standard InChI is InChI=1S/C11H8F2N2O/c12-8-1-2-9(10(13)5-8)11(16)6-15-4-3-14-7-15/h1-5,7H,6H2. The molecule has 0 fully saturated rings. The Kier molecular flexibility index (Phi) is 2.76.